The van der Waals surface area contributed by atoms with E-state index in [0.29, 0.717) is 18.5 Å². The molecule has 1 heterocycles. The van der Waals surface area contributed by atoms with E-state index < -0.39 is 0 Å². The van der Waals surface area contributed by atoms with Crippen LogP contribution < -0.4 is 5.32 Å². The fourth-order valence-corrected chi connectivity index (χ4v) is 2.88. The first-order chi connectivity index (χ1) is 12.6. The van der Waals surface area contributed by atoms with Crippen LogP contribution >= 0.6 is 0 Å². The molecule has 3 aromatic rings. The van der Waals surface area contributed by atoms with Gasteiger partial charge in [0.25, 0.3) is 5.91 Å². The van der Waals surface area contributed by atoms with Crippen molar-refractivity contribution < 1.29 is 14.3 Å². The molecule has 134 valence electrons. The zero-order valence-corrected chi connectivity index (χ0v) is 14.9. The van der Waals surface area contributed by atoms with Gasteiger partial charge < -0.3 is 10.1 Å². The molecule has 0 fully saturated rings. The smallest absolute Gasteiger partial charge is 0.305 e. The second-order valence-corrected chi connectivity index (χ2v) is 5.97. The van der Waals surface area contributed by atoms with E-state index >= 15 is 0 Å². The van der Waals surface area contributed by atoms with E-state index in [9.17, 15) is 9.59 Å². The van der Waals surface area contributed by atoms with Crippen molar-refractivity contribution in [3.8, 4) is 5.69 Å². The first kappa shape index (κ1) is 17.7. The highest BCUT2D eigenvalue weighted by molar-refractivity contribution is 5.97. The van der Waals surface area contributed by atoms with E-state index in [0.717, 1.165) is 22.5 Å². The predicted molar refractivity (Wildman–Crippen MR) is 99.4 cm³/mol. The lowest BCUT2D eigenvalue weighted by atomic mass is 10.1. The summed E-state index contributed by atoms with van der Waals surface area (Å²) >= 11 is 0. The van der Waals surface area contributed by atoms with Crippen molar-refractivity contribution in [1.29, 1.82) is 0 Å². The van der Waals surface area contributed by atoms with E-state index in [-0.39, 0.29) is 18.3 Å². The minimum Gasteiger partial charge on any atom is -0.469 e. The van der Waals surface area contributed by atoms with Crippen LogP contribution in [0.2, 0.25) is 0 Å². The minimum atomic E-state index is -0.275. The zero-order chi connectivity index (χ0) is 18.5. The van der Waals surface area contributed by atoms with Crippen LogP contribution in [0.4, 0.5) is 0 Å². The molecule has 6 heteroatoms. The molecule has 0 saturated heterocycles. The van der Waals surface area contributed by atoms with Crippen molar-refractivity contribution in [2.24, 2.45) is 0 Å². The Labute approximate surface area is 151 Å². The number of nitrogens with one attached hydrogen (secondary N) is 1. The summed E-state index contributed by atoms with van der Waals surface area (Å²) in [7, 11) is 1.35. The number of methoxy groups -OCH3 is 1. The van der Waals surface area contributed by atoms with E-state index in [1.807, 2.05) is 43.3 Å². The molecule has 1 N–H and O–H groups in total. The number of carbonyl (C=O) groups is 2. The molecule has 0 aliphatic carbocycles. The Balaban J connectivity index is 1.76. The molecule has 0 radical (unpaired) electrons. The SMILES string of the molecule is COC(=O)CCCNC(=O)c1ccc2c(c1)nc(C)n2-c1ccccc1. The topological polar surface area (TPSA) is 73.2 Å². The monoisotopic (exact) mass is 351 g/mol. The number of hydrogen-bond acceptors (Lipinski definition) is 4. The van der Waals surface area contributed by atoms with Crippen LogP contribution in [0.1, 0.15) is 29.0 Å². The lowest BCUT2D eigenvalue weighted by molar-refractivity contribution is -0.140. The lowest BCUT2D eigenvalue weighted by Crippen LogP contribution is -2.24. The van der Waals surface area contributed by atoms with Crippen LogP contribution in [0, 0.1) is 6.92 Å². The average molecular weight is 351 g/mol. The van der Waals surface area contributed by atoms with Gasteiger partial charge in [-0.05, 0) is 43.7 Å². The summed E-state index contributed by atoms with van der Waals surface area (Å²) < 4.78 is 6.64. The van der Waals surface area contributed by atoms with Crippen molar-refractivity contribution in [2.75, 3.05) is 13.7 Å². The van der Waals surface area contributed by atoms with Crippen LogP contribution in [-0.2, 0) is 9.53 Å². The van der Waals surface area contributed by atoms with Gasteiger partial charge in [0, 0.05) is 24.2 Å². The molecule has 26 heavy (non-hydrogen) atoms. The maximum absolute atomic E-state index is 12.3. The molecular weight excluding hydrogens is 330 g/mol. The van der Waals surface area contributed by atoms with Gasteiger partial charge in [0.15, 0.2) is 0 Å². The van der Waals surface area contributed by atoms with Crippen molar-refractivity contribution in [3.05, 3.63) is 59.9 Å². The summed E-state index contributed by atoms with van der Waals surface area (Å²) in [5, 5.41) is 2.81. The third kappa shape index (κ3) is 3.74. The normalized spacial score (nSPS) is 10.7. The van der Waals surface area contributed by atoms with Crippen molar-refractivity contribution >= 4 is 22.9 Å². The average Bonchev–Trinajstić information content (AvgIpc) is 3.00. The fourth-order valence-electron chi connectivity index (χ4n) is 2.88. The van der Waals surface area contributed by atoms with Gasteiger partial charge >= 0.3 is 5.97 Å². The number of rotatable bonds is 6. The van der Waals surface area contributed by atoms with Crippen LogP contribution in [0.15, 0.2) is 48.5 Å². The van der Waals surface area contributed by atoms with Crippen LogP contribution in [0.3, 0.4) is 0 Å². The molecule has 0 aliphatic rings. The van der Waals surface area contributed by atoms with Gasteiger partial charge in [0.2, 0.25) is 0 Å². The van der Waals surface area contributed by atoms with Crippen LogP contribution in [0.5, 0.6) is 0 Å². The number of amides is 1. The summed E-state index contributed by atoms with van der Waals surface area (Å²) in [6, 6.07) is 15.5. The highest BCUT2D eigenvalue weighted by Gasteiger charge is 2.12. The number of benzene rings is 2. The highest BCUT2D eigenvalue weighted by atomic mass is 16.5. The van der Waals surface area contributed by atoms with Crippen molar-refractivity contribution in [1.82, 2.24) is 14.9 Å². The van der Waals surface area contributed by atoms with Gasteiger partial charge in [-0.1, -0.05) is 18.2 Å². The third-order valence-corrected chi connectivity index (χ3v) is 4.17. The number of fused-ring (bicyclic) bond motifs is 1. The Bertz CT molecular complexity index is 932. The van der Waals surface area contributed by atoms with Gasteiger partial charge in [-0.3, -0.25) is 14.2 Å². The van der Waals surface area contributed by atoms with Gasteiger partial charge in [-0.25, -0.2) is 4.98 Å². The van der Waals surface area contributed by atoms with E-state index in [1.165, 1.54) is 7.11 Å². The molecule has 0 aliphatic heterocycles. The van der Waals surface area contributed by atoms with E-state index in [2.05, 4.69) is 19.6 Å². The Morgan fingerprint density at radius 2 is 1.92 bits per heavy atom. The predicted octanol–water partition coefficient (Wildman–Crippen LogP) is 3.02. The highest BCUT2D eigenvalue weighted by Crippen LogP contribution is 2.22. The second kappa shape index (κ2) is 7.82. The van der Waals surface area contributed by atoms with E-state index in [1.54, 1.807) is 12.1 Å². The lowest BCUT2D eigenvalue weighted by Gasteiger charge is -2.07. The summed E-state index contributed by atoms with van der Waals surface area (Å²) in [5.74, 6) is 0.410. The molecule has 0 unspecified atom stereocenters. The van der Waals surface area contributed by atoms with Gasteiger partial charge in [0.05, 0.1) is 18.1 Å². The Hall–Kier alpha value is -3.15. The number of carbonyl (C=O) groups excluding carboxylic acids is 2. The van der Waals surface area contributed by atoms with Gasteiger partial charge in [-0.15, -0.1) is 0 Å². The Kier molecular flexibility index (Phi) is 5.31. The molecule has 1 aromatic heterocycles. The standard InChI is InChI=1S/C20H21N3O3/c1-14-22-17-13-15(20(25)21-12-6-9-19(24)26-2)10-11-18(17)23(14)16-7-4-3-5-8-16/h3-5,7-8,10-11,13H,6,9,12H2,1-2H3,(H,21,25). The third-order valence-electron chi connectivity index (χ3n) is 4.17. The van der Waals surface area contributed by atoms with Crippen molar-refractivity contribution in [2.45, 2.75) is 19.8 Å². The Morgan fingerprint density at radius 3 is 2.65 bits per heavy atom. The summed E-state index contributed by atoms with van der Waals surface area (Å²) in [6.07, 6.45) is 0.832. The maximum atomic E-state index is 12.3. The first-order valence-corrected chi connectivity index (χ1v) is 8.49. The molecule has 0 saturated carbocycles. The molecule has 6 nitrogen and oxygen atoms in total. The number of imidazole rings is 1. The molecule has 3 rings (SSSR count). The fraction of sp³-hybridized carbons (Fsp3) is 0.250. The quantitative estimate of drug-likeness (QED) is 0.547. The number of hydrogen-bond donors (Lipinski definition) is 1. The summed E-state index contributed by atoms with van der Waals surface area (Å²) in [5.41, 5.74) is 3.31. The molecule has 0 atom stereocenters. The first-order valence-electron chi connectivity index (χ1n) is 8.49. The largest absolute Gasteiger partial charge is 0.469 e. The van der Waals surface area contributed by atoms with Crippen LogP contribution in [-0.4, -0.2) is 35.1 Å². The molecule has 1 amide bonds. The molecular formula is C20H21N3O3. The number of aryl methyl sites for hydroxylation is 1. The van der Waals surface area contributed by atoms with Crippen molar-refractivity contribution in [3.63, 3.8) is 0 Å². The van der Waals surface area contributed by atoms with E-state index in [4.69, 9.17) is 0 Å². The molecule has 0 spiro atoms. The number of aromatic nitrogens is 2. The summed E-state index contributed by atoms with van der Waals surface area (Å²) in [4.78, 5) is 28.0. The maximum Gasteiger partial charge on any atom is 0.305 e. The Morgan fingerprint density at radius 1 is 1.15 bits per heavy atom. The van der Waals surface area contributed by atoms with Gasteiger partial charge in [-0.2, -0.15) is 0 Å². The van der Waals surface area contributed by atoms with Crippen LogP contribution in [0.25, 0.3) is 16.7 Å². The number of nitrogens with zero attached hydrogens (tertiary/aromatic N) is 2. The molecule has 0 bridgehead atoms. The number of para-hydroxylation sites is 1. The van der Waals surface area contributed by atoms with Gasteiger partial charge in [0.1, 0.15) is 5.82 Å². The number of esters is 1. The second-order valence-electron chi connectivity index (χ2n) is 5.97. The molecule has 2 aromatic carbocycles. The zero-order valence-electron chi connectivity index (χ0n) is 14.9. The summed E-state index contributed by atoms with van der Waals surface area (Å²) in [6.45, 7) is 2.36. The minimum absolute atomic E-state index is 0.177. The number of ether oxygens (including phenoxy) is 1.